The summed E-state index contributed by atoms with van der Waals surface area (Å²) in [6, 6.07) is 0. The smallest absolute Gasteiger partial charge is 0.290 e. The number of aliphatic hydroxyl groups is 1. The Morgan fingerprint density at radius 2 is 1.95 bits per heavy atom. The molecule has 1 aliphatic heterocycles. The highest BCUT2D eigenvalue weighted by Gasteiger charge is 2.42. The molecule has 8 nitrogen and oxygen atoms in total. The van der Waals surface area contributed by atoms with Crippen LogP contribution < -0.4 is 5.56 Å². The van der Waals surface area contributed by atoms with Crippen LogP contribution in [0.4, 0.5) is 0 Å². The number of aromatic amines is 1. The summed E-state index contributed by atoms with van der Waals surface area (Å²) in [6.45, 7) is 0.993. The Hall–Kier alpha value is -2.22. The second kappa shape index (κ2) is 6.49. The maximum atomic E-state index is 12.2. The highest BCUT2D eigenvalue weighted by atomic mass is 16.3. The van der Waals surface area contributed by atoms with E-state index in [-0.39, 0.29) is 24.2 Å². The SMILES string of the molecule is O=C(c1ncc[nH]c1=O)N1C[C@H]2CC(O)C[C@H]2C1.O=CO. The largest absolute Gasteiger partial charge is 0.483 e. The molecule has 0 aromatic carbocycles. The number of fused-ring (bicyclic) bond motifs is 1. The first-order valence-electron chi connectivity index (χ1n) is 6.65. The van der Waals surface area contributed by atoms with Crippen LogP contribution in [0.3, 0.4) is 0 Å². The lowest BCUT2D eigenvalue weighted by Gasteiger charge is -2.16. The van der Waals surface area contributed by atoms with Crippen molar-refractivity contribution in [1.82, 2.24) is 14.9 Å². The van der Waals surface area contributed by atoms with Crippen LogP contribution in [0, 0.1) is 11.8 Å². The molecule has 8 heteroatoms. The number of carbonyl (C=O) groups excluding carboxylic acids is 1. The van der Waals surface area contributed by atoms with E-state index in [1.54, 1.807) is 4.90 Å². The van der Waals surface area contributed by atoms with Gasteiger partial charge in [0.2, 0.25) is 0 Å². The molecule has 3 atom stereocenters. The quantitative estimate of drug-likeness (QED) is 0.589. The third-order valence-corrected chi connectivity index (χ3v) is 3.92. The van der Waals surface area contributed by atoms with E-state index in [1.165, 1.54) is 12.4 Å². The van der Waals surface area contributed by atoms with Crippen molar-refractivity contribution in [1.29, 1.82) is 0 Å². The van der Waals surface area contributed by atoms with Crippen LogP contribution in [0.25, 0.3) is 0 Å². The van der Waals surface area contributed by atoms with Crippen molar-refractivity contribution in [3.63, 3.8) is 0 Å². The first-order valence-corrected chi connectivity index (χ1v) is 6.65. The summed E-state index contributed by atoms with van der Waals surface area (Å²) in [5.74, 6) is 0.430. The van der Waals surface area contributed by atoms with Crippen LogP contribution in [-0.4, -0.2) is 56.7 Å². The topological polar surface area (TPSA) is 124 Å². The number of hydrogen-bond acceptors (Lipinski definition) is 5. The molecule has 21 heavy (non-hydrogen) atoms. The minimum Gasteiger partial charge on any atom is -0.483 e. The highest BCUT2D eigenvalue weighted by Crippen LogP contribution is 2.38. The number of amides is 1. The van der Waals surface area contributed by atoms with Gasteiger partial charge in [-0.15, -0.1) is 0 Å². The molecule has 1 saturated heterocycles. The molecule has 1 aromatic rings. The standard InChI is InChI=1S/C12H15N3O3.CH2O2/c16-9-3-7-5-15(6-8(7)4-9)12(18)10-11(17)14-2-1-13-10;2-1-3/h1-2,7-9,16H,3-6H2,(H,14,17);1H,(H,2,3)/t7-,8+,9?;. The Labute approximate surface area is 120 Å². The molecular weight excluding hydrogens is 278 g/mol. The molecule has 1 saturated carbocycles. The summed E-state index contributed by atoms with van der Waals surface area (Å²) in [5.41, 5.74) is -0.488. The minimum atomic E-state index is -0.445. The fourth-order valence-corrected chi connectivity index (χ4v) is 3.09. The molecule has 0 spiro atoms. The fraction of sp³-hybridized carbons (Fsp3) is 0.538. The van der Waals surface area contributed by atoms with Crippen molar-refractivity contribution < 1.29 is 19.8 Å². The van der Waals surface area contributed by atoms with Gasteiger partial charge in [-0.2, -0.15) is 0 Å². The van der Waals surface area contributed by atoms with Crippen LogP contribution in [0.15, 0.2) is 17.2 Å². The Morgan fingerprint density at radius 1 is 1.38 bits per heavy atom. The predicted molar refractivity (Wildman–Crippen MR) is 71.7 cm³/mol. The lowest BCUT2D eigenvalue weighted by atomic mass is 10.0. The summed E-state index contributed by atoms with van der Waals surface area (Å²) in [4.78, 5) is 40.0. The average molecular weight is 295 g/mol. The van der Waals surface area contributed by atoms with Crippen LogP contribution in [0.5, 0.6) is 0 Å². The van der Waals surface area contributed by atoms with Gasteiger partial charge in [-0.3, -0.25) is 14.4 Å². The Kier molecular flexibility index (Phi) is 4.69. The lowest BCUT2D eigenvalue weighted by Crippen LogP contribution is -2.35. The highest BCUT2D eigenvalue weighted by molar-refractivity contribution is 5.92. The van der Waals surface area contributed by atoms with Crippen LogP contribution in [-0.2, 0) is 4.79 Å². The summed E-state index contributed by atoms with van der Waals surface area (Å²) in [7, 11) is 0. The molecular formula is C13H17N3O5. The third kappa shape index (κ3) is 3.27. The predicted octanol–water partition coefficient (Wildman–Crippen LogP) is -0.686. The molecule has 1 unspecified atom stereocenters. The summed E-state index contributed by atoms with van der Waals surface area (Å²) >= 11 is 0. The third-order valence-electron chi connectivity index (χ3n) is 3.92. The molecule has 2 heterocycles. The van der Waals surface area contributed by atoms with Crippen molar-refractivity contribution in [2.75, 3.05) is 13.1 Å². The fourth-order valence-electron chi connectivity index (χ4n) is 3.09. The van der Waals surface area contributed by atoms with E-state index >= 15 is 0 Å². The summed E-state index contributed by atoms with van der Waals surface area (Å²) in [5, 5.41) is 16.4. The van der Waals surface area contributed by atoms with Gasteiger partial charge >= 0.3 is 0 Å². The molecule has 114 valence electrons. The van der Waals surface area contributed by atoms with Gasteiger partial charge in [0.05, 0.1) is 6.10 Å². The van der Waals surface area contributed by atoms with Gasteiger partial charge in [0.15, 0.2) is 5.69 Å². The van der Waals surface area contributed by atoms with Gasteiger partial charge in [0.25, 0.3) is 17.9 Å². The number of H-pyrrole nitrogens is 1. The number of aromatic nitrogens is 2. The zero-order valence-electron chi connectivity index (χ0n) is 11.3. The number of rotatable bonds is 1. The molecule has 1 aliphatic carbocycles. The van der Waals surface area contributed by atoms with E-state index < -0.39 is 5.56 Å². The van der Waals surface area contributed by atoms with E-state index in [0.717, 1.165) is 12.8 Å². The van der Waals surface area contributed by atoms with Gasteiger partial charge < -0.3 is 20.1 Å². The van der Waals surface area contributed by atoms with Crippen LogP contribution >= 0.6 is 0 Å². The van der Waals surface area contributed by atoms with E-state index in [1.807, 2.05) is 0 Å². The first kappa shape index (κ1) is 15.2. The van der Waals surface area contributed by atoms with Crippen LogP contribution in [0.1, 0.15) is 23.3 Å². The molecule has 0 bridgehead atoms. The maximum absolute atomic E-state index is 12.2. The first-order chi connectivity index (χ1) is 10.1. The number of hydrogen-bond donors (Lipinski definition) is 3. The van der Waals surface area contributed by atoms with E-state index in [0.29, 0.717) is 24.9 Å². The van der Waals surface area contributed by atoms with E-state index in [2.05, 4.69) is 9.97 Å². The molecule has 0 radical (unpaired) electrons. The lowest BCUT2D eigenvalue weighted by molar-refractivity contribution is -0.122. The van der Waals surface area contributed by atoms with Crippen molar-refractivity contribution in [3.8, 4) is 0 Å². The maximum Gasteiger partial charge on any atom is 0.290 e. The number of aliphatic hydroxyl groups excluding tert-OH is 1. The van der Waals surface area contributed by atoms with Gasteiger partial charge in [-0.25, -0.2) is 4.98 Å². The molecule has 1 aromatic heterocycles. The zero-order chi connectivity index (χ0) is 15.4. The average Bonchev–Trinajstić information content (AvgIpc) is 2.96. The number of nitrogens with zero attached hydrogens (tertiary/aromatic N) is 2. The van der Waals surface area contributed by atoms with Gasteiger partial charge in [0.1, 0.15) is 0 Å². The second-order valence-corrected chi connectivity index (χ2v) is 5.23. The molecule has 3 rings (SSSR count). The Balaban J connectivity index is 0.000000497. The van der Waals surface area contributed by atoms with E-state index in [4.69, 9.17) is 9.90 Å². The second-order valence-electron chi connectivity index (χ2n) is 5.23. The summed E-state index contributed by atoms with van der Waals surface area (Å²) in [6.07, 6.45) is 4.11. The number of carbonyl (C=O) groups is 2. The minimum absolute atomic E-state index is 0.0435. The molecule has 2 aliphatic rings. The van der Waals surface area contributed by atoms with Crippen molar-refractivity contribution in [2.24, 2.45) is 11.8 Å². The van der Waals surface area contributed by atoms with Gasteiger partial charge in [-0.1, -0.05) is 0 Å². The number of carboxylic acid groups (broad SMARTS) is 1. The van der Waals surface area contributed by atoms with Gasteiger partial charge in [-0.05, 0) is 24.7 Å². The molecule has 1 amide bonds. The Bertz CT molecular complexity index is 559. The number of nitrogens with one attached hydrogen (secondary N) is 1. The Morgan fingerprint density at radius 3 is 2.48 bits per heavy atom. The van der Waals surface area contributed by atoms with Gasteiger partial charge in [0, 0.05) is 25.5 Å². The number of likely N-dealkylation sites (tertiary alicyclic amines) is 1. The molecule has 3 N–H and O–H groups in total. The zero-order valence-corrected chi connectivity index (χ0v) is 11.3. The normalized spacial score (nSPS) is 26.7. The van der Waals surface area contributed by atoms with Crippen molar-refractivity contribution in [3.05, 3.63) is 28.4 Å². The summed E-state index contributed by atoms with van der Waals surface area (Å²) < 4.78 is 0. The van der Waals surface area contributed by atoms with Crippen molar-refractivity contribution in [2.45, 2.75) is 18.9 Å². The van der Waals surface area contributed by atoms with Crippen molar-refractivity contribution >= 4 is 12.4 Å². The monoisotopic (exact) mass is 295 g/mol. The molecule has 2 fully saturated rings. The van der Waals surface area contributed by atoms with E-state index in [9.17, 15) is 14.7 Å². The van der Waals surface area contributed by atoms with Crippen LogP contribution in [0.2, 0.25) is 0 Å².